The van der Waals surface area contributed by atoms with Crippen molar-refractivity contribution in [2.45, 2.75) is 58.6 Å². The second-order valence-electron chi connectivity index (χ2n) is 5.93. The van der Waals surface area contributed by atoms with Crippen molar-refractivity contribution in [1.82, 2.24) is 4.90 Å². The average Bonchev–Trinajstić information content (AvgIpc) is 2.14. The molecule has 94 valence electrons. The maximum atomic E-state index is 11.2. The fourth-order valence-electron chi connectivity index (χ4n) is 2.23. The van der Waals surface area contributed by atoms with E-state index in [1.165, 1.54) is 0 Å². The number of hydrogen-bond donors (Lipinski definition) is 2. The molecule has 1 amide bonds. The van der Waals surface area contributed by atoms with Gasteiger partial charge in [-0.2, -0.15) is 0 Å². The van der Waals surface area contributed by atoms with Crippen LogP contribution < -0.4 is 0 Å². The Morgan fingerprint density at radius 2 is 1.75 bits per heavy atom. The van der Waals surface area contributed by atoms with Gasteiger partial charge in [0.1, 0.15) is 0 Å². The highest BCUT2D eigenvalue weighted by molar-refractivity contribution is 5.65. The summed E-state index contributed by atoms with van der Waals surface area (Å²) in [5, 5.41) is 18.6. The molecule has 4 nitrogen and oxygen atoms in total. The van der Waals surface area contributed by atoms with Crippen molar-refractivity contribution < 1.29 is 15.0 Å². The molecule has 0 heterocycles. The normalized spacial score (nSPS) is 26.5. The number of amides is 1. The maximum absolute atomic E-state index is 11.2. The van der Waals surface area contributed by atoms with E-state index in [0.29, 0.717) is 6.54 Å². The van der Waals surface area contributed by atoms with Crippen molar-refractivity contribution in [2.24, 2.45) is 5.41 Å². The van der Waals surface area contributed by atoms with Gasteiger partial charge in [0, 0.05) is 12.6 Å². The number of carbonyl (C=O) groups is 1. The summed E-state index contributed by atoms with van der Waals surface area (Å²) in [5.74, 6) is 0. The van der Waals surface area contributed by atoms with Crippen LogP contribution in [0, 0.1) is 5.41 Å². The summed E-state index contributed by atoms with van der Waals surface area (Å²) in [5.41, 5.74) is -0.0194. The van der Waals surface area contributed by atoms with Gasteiger partial charge in [-0.05, 0) is 31.1 Å². The van der Waals surface area contributed by atoms with Crippen LogP contribution in [0.5, 0.6) is 0 Å². The quantitative estimate of drug-likeness (QED) is 0.764. The van der Waals surface area contributed by atoms with Gasteiger partial charge in [-0.15, -0.1) is 0 Å². The minimum atomic E-state index is -0.837. The zero-order chi connectivity index (χ0) is 12.3. The summed E-state index contributed by atoms with van der Waals surface area (Å²) in [6.07, 6.45) is 1.93. The van der Waals surface area contributed by atoms with Crippen LogP contribution in [-0.4, -0.2) is 39.9 Å². The Hall–Kier alpha value is -0.770. The first kappa shape index (κ1) is 13.3. The summed E-state index contributed by atoms with van der Waals surface area (Å²) >= 11 is 0. The zero-order valence-corrected chi connectivity index (χ0v) is 10.4. The lowest BCUT2D eigenvalue weighted by Crippen LogP contribution is -2.46. The molecule has 0 saturated heterocycles. The Labute approximate surface area is 97.3 Å². The number of carboxylic acid groups (broad SMARTS) is 1. The lowest BCUT2D eigenvalue weighted by Gasteiger charge is -2.37. The molecule has 0 aliphatic heterocycles. The fraction of sp³-hybridized carbons (Fsp3) is 0.917. The second-order valence-corrected chi connectivity index (χ2v) is 5.93. The van der Waals surface area contributed by atoms with Gasteiger partial charge in [-0.1, -0.05) is 20.8 Å². The molecule has 0 spiro atoms. The third-order valence-electron chi connectivity index (χ3n) is 3.00. The molecule has 4 heteroatoms. The summed E-state index contributed by atoms with van der Waals surface area (Å²) in [6, 6.07) is 0.0834. The van der Waals surface area contributed by atoms with Crippen molar-refractivity contribution in [3.05, 3.63) is 0 Å². The van der Waals surface area contributed by atoms with E-state index in [9.17, 15) is 15.0 Å². The number of rotatable bonds is 2. The molecule has 0 aromatic carbocycles. The van der Waals surface area contributed by atoms with E-state index in [-0.39, 0.29) is 17.6 Å². The van der Waals surface area contributed by atoms with Crippen LogP contribution in [0.15, 0.2) is 0 Å². The average molecular weight is 229 g/mol. The first-order chi connectivity index (χ1) is 7.29. The molecule has 0 unspecified atom stereocenters. The number of hydrogen-bond acceptors (Lipinski definition) is 2. The summed E-state index contributed by atoms with van der Waals surface area (Å²) < 4.78 is 0. The molecule has 1 saturated carbocycles. The Bertz CT molecular complexity index is 239. The SMILES string of the molecule is CC(C)(C)CN(C(=O)O)[C@H]1CC[C@H](O)CC1. The van der Waals surface area contributed by atoms with Gasteiger partial charge < -0.3 is 15.1 Å². The van der Waals surface area contributed by atoms with Crippen molar-refractivity contribution in [1.29, 1.82) is 0 Å². The van der Waals surface area contributed by atoms with Crippen LogP contribution in [0.25, 0.3) is 0 Å². The van der Waals surface area contributed by atoms with E-state index in [2.05, 4.69) is 0 Å². The summed E-state index contributed by atoms with van der Waals surface area (Å²) in [6.45, 7) is 6.69. The Balaban J connectivity index is 2.60. The summed E-state index contributed by atoms with van der Waals surface area (Å²) in [4.78, 5) is 12.8. The third kappa shape index (κ3) is 4.00. The van der Waals surface area contributed by atoms with Crippen LogP contribution in [0.4, 0.5) is 4.79 Å². The monoisotopic (exact) mass is 229 g/mol. The predicted octanol–water partition coefficient (Wildman–Crippen LogP) is 2.32. The van der Waals surface area contributed by atoms with Crippen molar-refractivity contribution in [3.8, 4) is 0 Å². The minimum absolute atomic E-state index is 0.0194. The molecule has 0 radical (unpaired) electrons. The van der Waals surface area contributed by atoms with Crippen LogP contribution in [0.3, 0.4) is 0 Å². The molecule has 1 fully saturated rings. The number of nitrogens with zero attached hydrogens (tertiary/aromatic N) is 1. The van der Waals surface area contributed by atoms with Crippen molar-refractivity contribution in [3.63, 3.8) is 0 Å². The van der Waals surface area contributed by atoms with E-state index in [1.54, 1.807) is 4.90 Å². The Morgan fingerprint density at radius 1 is 1.25 bits per heavy atom. The lowest BCUT2D eigenvalue weighted by atomic mass is 9.89. The molecule has 0 bridgehead atoms. The molecule has 1 rings (SSSR count). The first-order valence-corrected chi connectivity index (χ1v) is 5.97. The lowest BCUT2D eigenvalue weighted by molar-refractivity contribution is 0.0555. The minimum Gasteiger partial charge on any atom is -0.465 e. The van der Waals surface area contributed by atoms with Gasteiger partial charge in [-0.3, -0.25) is 0 Å². The molecular formula is C12H23NO3. The highest BCUT2D eigenvalue weighted by atomic mass is 16.4. The summed E-state index contributed by atoms with van der Waals surface area (Å²) in [7, 11) is 0. The van der Waals surface area contributed by atoms with Crippen LogP contribution in [0.2, 0.25) is 0 Å². The van der Waals surface area contributed by atoms with Crippen molar-refractivity contribution >= 4 is 6.09 Å². The maximum Gasteiger partial charge on any atom is 0.407 e. The van der Waals surface area contributed by atoms with E-state index in [1.807, 2.05) is 20.8 Å². The third-order valence-corrected chi connectivity index (χ3v) is 3.00. The molecule has 1 aliphatic rings. The second kappa shape index (κ2) is 5.04. The van der Waals surface area contributed by atoms with Crippen LogP contribution >= 0.6 is 0 Å². The van der Waals surface area contributed by atoms with Gasteiger partial charge in [0.05, 0.1) is 6.10 Å². The van der Waals surface area contributed by atoms with E-state index < -0.39 is 6.09 Å². The smallest absolute Gasteiger partial charge is 0.407 e. The molecule has 1 aliphatic carbocycles. The van der Waals surface area contributed by atoms with Crippen molar-refractivity contribution in [2.75, 3.05) is 6.54 Å². The van der Waals surface area contributed by atoms with Gasteiger partial charge in [0.2, 0.25) is 0 Å². The standard InChI is InChI=1S/C12H23NO3/c1-12(2,3)8-13(11(15)16)9-4-6-10(14)7-5-9/h9-10,14H,4-8H2,1-3H3,(H,15,16)/t9-,10-. The number of aliphatic hydroxyl groups is 1. The topological polar surface area (TPSA) is 60.8 Å². The Kier molecular flexibility index (Phi) is 4.19. The van der Waals surface area contributed by atoms with E-state index in [4.69, 9.17) is 0 Å². The Morgan fingerprint density at radius 3 is 2.12 bits per heavy atom. The highest BCUT2D eigenvalue weighted by Gasteiger charge is 2.30. The van der Waals surface area contributed by atoms with Crippen LogP contribution in [-0.2, 0) is 0 Å². The van der Waals surface area contributed by atoms with Crippen LogP contribution in [0.1, 0.15) is 46.5 Å². The molecule has 0 atom stereocenters. The van der Waals surface area contributed by atoms with Gasteiger partial charge in [-0.25, -0.2) is 4.79 Å². The fourth-order valence-corrected chi connectivity index (χ4v) is 2.23. The van der Waals surface area contributed by atoms with E-state index in [0.717, 1.165) is 25.7 Å². The zero-order valence-electron chi connectivity index (χ0n) is 10.4. The molecular weight excluding hydrogens is 206 g/mol. The molecule has 0 aromatic heterocycles. The largest absolute Gasteiger partial charge is 0.465 e. The molecule has 2 N–H and O–H groups in total. The highest BCUT2D eigenvalue weighted by Crippen LogP contribution is 2.26. The number of aliphatic hydroxyl groups excluding tert-OH is 1. The first-order valence-electron chi connectivity index (χ1n) is 5.97. The molecule has 16 heavy (non-hydrogen) atoms. The van der Waals surface area contributed by atoms with Gasteiger partial charge in [0.15, 0.2) is 0 Å². The predicted molar refractivity (Wildman–Crippen MR) is 62.4 cm³/mol. The van der Waals surface area contributed by atoms with Gasteiger partial charge >= 0.3 is 6.09 Å². The van der Waals surface area contributed by atoms with E-state index >= 15 is 0 Å². The molecule has 0 aromatic rings. The van der Waals surface area contributed by atoms with Gasteiger partial charge in [0.25, 0.3) is 0 Å².